The summed E-state index contributed by atoms with van der Waals surface area (Å²) in [6.45, 7) is 6.56. The molecule has 1 fully saturated rings. The lowest BCUT2D eigenvalue weighted by Gasteiger charge is -2.34. The molecule has 1 aliphatic rings. The summed E-state index contributed by atoms with van der Waals surface area (Å²) in [5.74, 6) is 1.40. The van der Waals surface area contributed by atoms with Crippen LogP contribution in [0.2, 0.25) is 5.02 Å². The molecule has 0 aliphatic carbocycles. The van der Waals surface area contributed by atoms with Gasteiger partial charge in [-0.15, -0.1) is 0 Å². The van der Waals surface area contributed by atoms with Crippen LogP contribution in [0.25, 0.3) is 6.08 Å². The minimum Gasteiger partial charge on any atom is -0.493 e. The fraction of sp³-hybridized carbons (Fsp3) is 0.348. The zero-order valence-electron chi connectivity index (χ0n) is 16.9. The van der Waals surface area contributed by atoms with Gasteiger partial charge in [-0.1, -0.05) is 29.8 Å². The van der Waals surface area contributed by atoms with Crippen molar-refractivity contribution in [3.05, 3.63) is 64.7 Å². The third-order valence-corrected chi connectivity index (χ3v) is 5.16. The predicted octanol–water partition coefficient (Wildman–Crippen LogP) is 4.10. The lowest BCUT2D eigenvalue weighted by Crippen LogP contribution is -2.47. The second-order valence-electron chi connectivity index (χ2n) is 6.90. The smallest absolute Gasteiger partial charge is 0.246 e. The van der Waals surface area contributed by atoms with Gasteiger partial charge in [0.25, 0.3) is 0 Å². The van der Waals surface area contributed by atoms with Crippen LogP contribution in [0.3, 0.4) is 0 Å². The molecule has 1 saturated heterocycles. The lowest BCUT2D eigenvalue weighted by molar-refractivity contribution is -0.127. The van der Waals surface area contributed by atoms with Crippen molar-refractivity contribution in [3.8, 4) is 11.5 Å². The summed E-state index contributed by atoms with van der Waals surface area (Å²) >= 11 is 5.94. The van der Waals surface area contributed by atoms with E-state index < -0.39 is 0 Å². The molecule has 1 aliphatic heterocycles. The summed E-state index contributed by atoms with van der Waals surface area (Å²) in [5, 5.41) is 0.751. The average Bonchev–Trinajstić information content (AvgIpc) is 2.75. The third-order valence-electron chi connectivity index (χ3n) is 4.91. The van der Waals surface area contributed by atoms with Gasteiger partial charge in [-0.05, 0) is 48.4 Å². The first kappa shape index (κ1) is 21.2. The molecular formula is C23H27ClN2O3. The van der Waals surface area contributed by atoms with Crippen LogP contribution in [0, 0.1) is 0 Å². The summed E-state index contributed by atoms with van der Waals surface area (Å²) in [7, 11) is 1.61. The summed E-state index contributed by atoms with van der Waals surface area (Å²) in [6.07, 6.45) is 3.45. The first-order chi connectivity index (χ1) is 14.1. The lowest BCUT2D eigenvalue weighted by atomic mass is 10.1. The van der Waals surface area contributed by atoms with E-state index in [1.165, 1.54) is 5.56 Å². The van der Waals surface area contributed by atoms with Crippen LogP contribution in [-0.4, -0.2) is 55.6 Å². The number of amides is 1. The number of benzene rings is 2. The van der Waals surface area contributed by atoms with Crippen molar-refractivity contribution in [3.63, 3.8) is 0 Å². The highest BCUT2D eigenvalue weighted by molar-refractivity contribution is 6.30. The summed E-state index contributed by atoms with van der Waals surface area (Å²) in [5.41, 5.74) is 2.14. The molecule has 3 rings (SSSR count). The fourth-order valence-electron chi connectivity index (χ4n) is 3.31. The zero-order chi connectivity index (χ0) is 20.6. The van der Waals surface area contributed by atoms with Crippen LogP contribution < -0.4 is 9.47 Å². The Hall–Kier alpha value is -2.50. The highest BCUT2D eigenvalue weighted by Gasteiger charge is 2.19. The Morgan fingerprint density at radius 3 is 2.45 bits per heavy atom. The van der Waals surface area contributed by atoms with Crippen molar-refractivity contribution < 1.29 is 14.3 Å². The van der Waals surface area contributed by atoms with E-state index in [1.54, 1.807) is 13.2 Å². The van der Waals surface area contributed by atoms with E-state index >= 15 is 0 Å². The van der Waals surface area contributed by atoms with Crippen LogP contribution in [0.5, 0.6) is 11.5 Å². The zero-order valence-corrected chi connectivity index (χ0v) is 17.7. The van der Waals surface area contributed by atoms with Crippen molar-refractivity contribution >= 4 is 23.6 Å². The molecule has 0 aromatic heterocycles. The van der Waals surface area contributed by atoms with E-state index in [2.05, 4.69) is 4.90 Å². The standard InChI is InChI=1S/C23H27ClN2O3/c1-3-29-21-10-6-18(16-22(21)28-2)7-11-23(27)26-14-12-25(13-15-26)17-19-4-8-20(24)9-5-19/h4-11,16H,3,12-15,17H2,1-2H3/b11-7+. The monoisotopic (exact) mass is 414 g/mol. The van der Waals surface area contributed by atoms with Gasteiger partial charge >= 0.3 is 0 Å². The Labute approximate surface area is 177 Å². The van der Waals surface area contributed by atoms with Crippen LogP contribution in [0.1, 0.15) is 18.1 Å². The average molecular weight is 415 g/mol. The first-order valence-corrected chi connectivity index (χ1v) is 10.2. The largest absolute Gasteiger partial charge is 0.493 e. The maximum atomic E-state index is 12.5. The Balaban J connectivity index is 1.52. The third kappa shape index (κ3) is 5.99. The van der Waals surface area contributed by atoms with Crippen LogP contribution in [0.15, 0.2) is 48.5 Å². The second-order valence-corrected chi connectivity index (χ2v) is 7.34. The van der Waals surface area contributed by atoms with Crippen LogP contribution >= 0.6 is 11.6 Å². The van der Waals surface area contributed by atoms with Crippen molar-refractivity contribution in [2.75, 3.05) is 39.9 Å². The molecule has 0 radical (unpaired) electrons. The Morgan fingerprint density at radius 1 is 1.07 bits per heavy atom. The Kier molecular flexibility index (Phi) is 7.55. The van der Waals surface area contributed by atoms with Gasteiger partial charge in [0.2, 0.25) is 5.91 Å². The molecule has 154 valence electrons. The number of nitrogens with zero attached hydrogens (tertiary/aromatic N) is 2. The highest BCUT2D eigenvalue weighted by Crippen LogP contribution is 2.28. The molecule has 0 atom stereocenters. The maximum Gasteiger partial charge on any atom is 0.246 e. The summed E-state index contributed by atoms with van der Waals surface area (Å²) in [6, 6.07) is 13.6. The number of piperazine rings is 1. The van der Waals surface area contributed by atoms with Gasteiger partial charge in [0.05, 0.1) is 13.7 Å². The molecule has 2 aromatic carbocycles. The molecule has 5 nitrogen and oxygen atoms in total. The molecule has 2 aromatic rings. The molecule has 0 bridgehead atoms. The number of carbonyl (C=O) groups is 1. The molecule has 0 unspecified atom stereocenters. The van der Waals surface area contributed by atoms with Gasteiger partial charge in [-0.25, -0.2) is 0 Å². The predicted molar refractivity (Wildman–Crippen MR) is 117 cm³/mol. The molecule has 1 amide bonds. The quantitative estimate of drug-likeness (QED) is 0.639. The second kappa shape index (κ2) is 10.3. The number of rotatable bonds is 7. The van der Waals surface area contributed by atoms with Crippen molar-refractivity contribution in [2.24, 2.45) is 0 Å². The Bertz CT molecular complexity index is 844. The maximum absolute atomic E-state index is 12.5. The number of carbonyl (C=O) groups excluding carboxylic acids is 1. The molecule has 6 heteroatoms. The summed E-state index contributed by atoms with van der Waals surface area (Å²) in [4.78, 5) is 16.8. The van der Waals surface area contributed by atoms with Crippen molar-refractivity contribution in [2.45, 2.75) is 13.5 Å². The minimum atomic E-state index is 0.0315. The van der Waals surface area contributed by atoms with Crippen molar-refractivity contribution in [1.82, 2.24) is 9.80 Å². The van der Waals surface area contributed by atoms with E-state index in [4.69, 9.17) is 21.1 Å². The van der Waals surface area contributed by atoms with Gasteiger partial charge in [0.15, 0.2) is 11.5 Å². The van der Waals surface area contributed by atoms with E-state index in [9.17, 15) is 4.79 Å². The topological polar surface area (TPSA) is 42.0 Å². The first-order valence-electron chi connectivity index (χ1n) is 9.83. The van der Waals surface area contributed by atoms with E-state index in [0.29, 0.717) is 18.1 Å². The van der Waals surface area contributed by atoms with Gasteiger partial charge < -0.3 is 14.4 Å². The molecule has 0 spiro atoms. The fourth-order valence-corrected chi connectivity index (χ4v) is 3.44. The van der Waals surface area contributed by atoms with E-state index in [-0.39, 0.29) is 5.91 Å². The summed E-state index contributed by atoms with van der Waals surface area (Å²) < 4.78 is 10.9. The number of methoxy groups -OCH3 is 1. The SMILES string of the molecule is CCOc1ccc(/C=C/C(=O)N2CCN(Cc3ccc(Cl)cc3)CC2)cc1OC. The van der Waals surface area contributed by atoms with Crippen molar-refractivity contribution in [1.29, 1.82) is 0 Å². The number of hydrogen-bond acceptors (Lipinski definition) is 4. The number of hydrogen-bond donors (Lipinski definition) is 0. The number of halogens is 1. The van der Waals surface area contributed by atoms with E-state index in [0.717, 1.165) is 43.3 Å². The van der Waals surface area contributed by atoms with E-state index in [1.807, 2.05) is 60.4 Å². The normalized spacial score (nSPS) is 14.9. The molecule has 1 heterocycles. The Morgan fingerprint density at radius 2 is 1.79 bits per heavy atom. The minimum absolute atomic E-state index is 0.0315. The van der Waals surface area contributed by atoms with Gasteiger partial charge in [0.1, 0.15) is 0 Å². The van der Waals surface area contributed by atoms with Crippen LogP contribution in [-0.2, 0) is 11.3 Å². The molecule has 29 heavy (non-hydrogen) atoms. The molecule has 0 N–H and O–H groups in total. The van der Waals surface area contributed by atoms with Crippen LogP contribution in [0.4, 0.5) is 0 Å². The number of ether oxygens (including phenoxy) is 2. The molecule has 0 saturated carbocycles. The van der Waals surface area contributed by atoms with Gasteiger partial charge in [-0.3, -0.25) is 9.69 Å². The van der Waals surface area contributed by atoms with Gasteiger partial charge in [0, 0.05) is 43.8 Å². The highest BCUT2D eigenvalue weighted by atomic mass is 35.5. The van der Waals surface area contributed by atoms with Gasteiger partial charge in [-0.2, -0.15) is 0 Å². The molecular weight excluding hydrogens is 388 g/mol.